The van der Waals surface area contributed by atoms with Crippen molar-refractivity contribution >= 4 is 10.0 Å². The summed E-state index contributed by atoms with van der Waals surface area (Å²) in [7, 11) is -4.22. The van der Waals surface area contributed by atoms with Crippen LogP contribution in [0.4, 0.5) is 8.78 Å². The van der Waals surface area contributed by atoms with E-state index >= 15 is 0 Å². The lowest BCUT2D eigenvalue weighted by Crippen LogP contribution is -2.52. The van der Waals surface area contributed by atoms with E-state index in [1.54, 1.807) is 0 Å². The van der Waals surface area contributed by atoms with Crippen LogP contribution in [0.3, 0.4) is 0 Å². The van der Waals surface area contributed by atoms with E-state index in [0.29, 0.717) is 12.6 Å². The molecule has 1 unspecified atom stereocenters. The fraction of sp³-hybridized carbons (Fsp3) is 0.364. The van der Waals surface area contributed by atoms with E-state index in [2.05, 4.69) is 5.32 Å². The molecule has 1 fully saturated rings. The molecular weight excluding hydrogens is 276 g/mol. The number of sulfonamides is 1. The van der Waals surface area contributed by atoms with Gasteiger partial charge < -0.3 is 5.32 Å². The minimum Gasteiger partial charge on any atom is -0.313 e. The maximum atomic E-state index is 13.6. The summed E-state index contributed by atoms with van der Waals surface area (Å²) in [5, 5.41) is 11.8. The third-order valence-electron chi connectivity index (χ3n) is 2.82. The zero-order valence-electron chi connectivity index (χ0n) is 9.81. The first kappa shape index (κ1) is 13.9. The highest BCUT2D eigenvalue weighted by atomic mass is 32.2. The van der Waals surface area contributed by atoms with Crippen LogP contribution >= 0.6 is 0 Å². The highest BCUT2D eigenvalue weighted by molar-refractivity contribution is 7.89. The Morgan fingerprint density at radius 1 is 1.42 bits per heavy atom. The molecule has 1 aliphatic rings. The molecule has 1 aromatic carbocycles. The number of nitrogens with zero attached hydrogens (tertiary/aromatic N) is 2. The molecule has 19 heavy (non-hydrogen) atoms. The summed E-state index contributed by atoms with van der Waals surface area (Å²) in [5.41, 5.74) is 0. The SMILES string of the molecule is N#CC1CNCCN1S(=O)(=O)c1cc(F)ccc1F. The maximum Gasteiger partial charge on any atom is 0.247 e. The molecule has 1 aromatic rings. The van der Waals surface area contributed by atoms with Crippen LogP contribution in [0.15, 0.2) is 23.1 Å². The molecule has 1 atom stereocenters. The van der Waals surface area contributed by atoms with Gasteiger partial charge in [-0.25, -0.2) is 17.2 Å². The molecule has 0 aliphatic carbocycles. The van der Waals surface area contributed by atoms with E-state index in [1.165, 1.54) is 0 Å². The number of benzene rings is 1. The fourth-order valence-electron chi connectivity index (χ4n) is 1.88. The first-order chi connectivity index (χ1) is 8.96. The Hall–Kier alpha value is -1.56. The molecule has 0 radical (unpaired) electrons. The molecule has 1 N–H and O–H groups in total. The van der Waals surface area contributed by atoms with Gasteiger partial charge in [0.2, 0.25) is 10.0 Å². The van der Waals surface area contributed by atoms with Gasteiger partial charge in [-0.15, -0.1) is 0 Å². The standard InChI is InChI=1S/C11H11F2N3O2S/c12-8-1-2-10(13)11(5-8)19(17,18)16-4-3-15-7-9(16)6-14/h1-2,5,9,15H,3-4,7H2. The lowest BCUT2D eigenvalue weighted by Gasteiger charge is -2.30. The van der Waals surface area contributed by atoms with Crippen molar-refractivity contribution in [2.75, 3.05) is 19.6 Å². The highest BCUT2D eigenvalue weighted by Gasteiger charge is 2.35. The van der Waals surface area contributed by atoms with Crippen LogP contribution in [0.2, 0.25) is 0 Å². The van der Waals surface area contributed by atoms with E-state index < -0.39 is 32.6 Å². The van der Waals surface area contributed by atoms with Crippen LogP contribution in [-0.2, 0) is 10.0 Å². The summed E-state index contributed by atoms with van der Waals surface area (Å²) in [6.07, 6.45) is 0. The van der Waals surface area contributed by atoms with Gasteiger partial charge in [0.25, 0.3) is 0 Å². The summed E-state index contributed by atoms with van der Waals surface area (Å²) in [4.78, 5) is -0.741. The molecule has 102 valence electrons. The predicted octanol–water partition coefficient (Wildman–Crippen LogP) is 0.451. The number of nitrogens with one attached hydrogen (secondary N) is 1. The molecule has 0 spiro atoms. The van der Waals surface area contributed by atoms with E-state index in [0.717, 1.165) is 16.4 Å². The van der Waals surface area contributed by atoms with E-state index in [1.807, 2.05) is 6.07 Å². The Kier molecular flexibility index (Phi) is 3.80. The molecule has 8 heteroatoms. The molecule has 0 aromatic heterocycles. The van der Waals surface area contributed by atoms with Crippen molar-refractivity contribution in [3.05, 3.63) is 29.8 Å². The minimum atomic E-state index is -4.22. The normalized spacial score (nSPS) is 21.0. The number of piperazine rings is 1. The number of hydrogen-bond donors (Lipinski definition) is 1. The number of rotatable bonds is 2. The molecule has 0 bridgehead atoms. The summed E-state index contributed by atoms with van der Waals surface area (Å²) in [6, 6.07) is 3.13. The summed E-state index contributed by atoms with van der Waals surface area (Å²) >= 11 is 0. The maximum absolute atomic E-state index is 13.6. The topological polar surface area (TPSA) is 73.2 Å². The first-order valence-electron chi connectivity index (χ1n) is 5.54. The van der Waals surface area contributed by atoms with Crippen molar-refractivity contribution in [2.24, 2.45) is 0 Å². The van der Waals surface area contributed by atoms with Crippen LogP contribution < -0.4 is 5.32 Å². The van der Waals surface area contributed by atoms with Gasteiger partial charge in [0.15, 0.2) is 0 Å². The zero-order chi connectivity index (χ0) is 14.0. The third kappa shape index (κ3) is 2.58. The largest absolute Gasteiger partial charge is 0.313 e. The molecule has 1 aliphatic heterocycles. The van der Waals surface area contributed by atoms with Gasteiger partial charge in [0, 0.05) is 19.6 Å². The summed E-state index contributed by atoms with van der Waals surface area (Å²) in [6.45, 7) is 0.553. The molecule has 0 amide bonds. The summed E-state index contributed by atoms with van der Waals surface area (Å²) < 4.78 is 52.1. The van der Waals surface area contributed by atoms with Crippen molar-refractivity contribution in [2.45, 2.75) is 10.9 Å². The Labute approximate surface area is 109 Å². The van der Waals surface area contributed by atoms with Crippen LogP contribution in [0, 0.1) is 23.0 Å². The average Bonchev–Trinajstić information content (AvgIpc) is 2.41. The van der Waals surface area contributed by atoms with Crippen molar-refractivity contribution < 1.29 is 17.2 Å². The Morgan fingerprint density at radius 3 is 2.84 bits per heavy atom. The van der Waals surface area contributed by atoms with Gasteiger partial charge >= 0.3 is 0 Å². The second-order valence-electron chi connectivity index (χ2n) is 4.04. The Bertz CT molecular complexity index is 627. The van der Waals surface area contributed by atoms with Crippen molar-refractivity contribution in [1.82, 2.24) is 9.62 Å². The third-order valence-corrected chi connectivity index (χ3v) is 4.75. The molecule has 2 rings (SSSR count). The minimum absolute atomic E-state index is 0.0382. The van der Waals surface area contributed by atoms with Gasteiger partial charge in [-0.3, -0.25) is 0 Å². The zero-order valence-corrected chi connectivity index (χ0v) is 10.6. The van der Waals surface area contributed by atoms with E-state index in [4.69, 9.17) is 5.26 Å². The predicted molar refractivity (Wildman–Crippen MR) is 62.5 cm³/mol. The van der Waals surface area contributed by atoms with Crippen molar-refractivity contribution in [1.29, 1.82) is 5.26 Å². The van der Waals surface area contributed by atoms with Crippen LogP contribution in [0.5, 0.6) is 0 Å². The number of halogens is 2. The van der Waals surface area contributed by atoms with Crippen LogP contribution in [0.25, 0.3) is 0 Å². The van der Waals surface area contributed by atoms with Gasteiger partial charge in [-0.2, -0.15) is 9.57 Å². The van der Waals surface area contributed by atoms with Gasteiger partial charge in [0.1, 0.15) is 22.6 Å². The Balaban J connectivity index is 2.47. The van der Waals surface area contributed by atoms with Crippen molar-refractivity contribution in [3.63, 3.8) is 0 Å². The fourth-order valence-corrected chi connectivity index (χ4v) is 3.50. The van der Waals surface area contributed by atoms with Crippen molar-refractivity contribution in [3.8, 4) is 6.07 Å². The molecule has 1 heterocycles. The smallest absolute Gasteiger partial charge is 0.247 e. The van der Waals surface area contributed by atoms with Crippen LogP contribution in [0.1, 0.15) is 0 Å². The number of nitriles is 1. The first-order valence-corrected chi connectivity index (χ1v) is 6.98. The molecule has 5 nitrogen and oxygen atoms in total. The molecule has 1 saturated heterocycles. The Morgan fingerprint density at radius 2 is 2.16 bits per heavy atom. The van der Waals surface area contributed by atoms with Gasteiger partial charge in [-0.1, -0.05) is 0 Å². The second-order valence-corrected chi connectivity index (χ2v) is 5.90. The highest BCUT2D eigenvalue weighted by Crippen LogP contribution is 2.22. The monoisotopic (exact) mass is 287 g/mol. The average molecular weight is 287 g/mol. The molecule has 0 saturated carbocycles. The van der Waals surface area contributed by atoms with Gasteiger partial charge in [0.05, 0.1) is 6.07 Å². The lowest BCUT2D eigenvalue weighted by atomic mass is 10.3. The second kappa shape index (κ2) is 5.21. The van der Waals surface area contributed by atoms with Gasteiger partial charge in [-0.05, 0) is 18.2 Å². The molecular formula is C11H11F2N3O2S. The van der Waals surface area contributed by atoms with E-state index in [9.17, 15) is 17.2 Å². The number of hydrogen-bond acceptors (Lipinski definition) is 4. The van der Waals surface area contributed by atoms with Crippen LogP contribution in [-0.4, -0.2) is 38.4 Å². The lowest BCUT2D eigenvalue weighted by molar-refractivity contribution is 0.310. The summed E-state index contributed by atoms with van der Waals surface area (Å²) in [5.74, 6) is -1.87. The quantitative estimate of drug-likeness (QED) is 0.857. The van der Waals surface area contributed by atoms with E-state index in [-0.39, 0.29) is 13.1 Å².